The van der Waals surface area contributed by atoms with Crippen molar-refractivity contribution in [3.63, 3.8) is 0 Å². The van der Waals surface area contributed by atoms with Crippen molar-refractivity contribution >= 4 is 5.91 Å². The van der Waals surface area contributed by atoms with Crippen molar-refractivity contribution < 1.29 is 9.53 Å². The summed E-state index contributed by atoms with van der Waals surface area (Å²) in [4.78, 5) is 18.8. The molecule has 1 unspecified atom stereocenters. The predicted molar refractivity (Wildman–Crippen MR) is 85.0 cm³/mol. The van der Waals surface area contributed by atoms with Gasteiger partial charge in [-0.25, -0.2) is 4.68 Å². The quantitative estimate of drug-likeness (QED) is 0.746. The first-order valence-electron chi connectivity index (χ1n) is 7.67. The molecule has 8 heteroatoms. The number of hydrogen-bond donors (Lipinski definition) is 2. The zero-order valence-corrected chi connectivity index (χ0v) is 12.8. The molecule has 0 fully saturated rings. The van der Waals surface area contributed by atoms with Gasteiger partial charge in [0.1, 0.15) is 11.4 Å². The van der Waals surface area contributed by atoms with E-state index in [0.29, 0.717) is 25.4 Å². The van der Waals surface area contributed by atoms with E-state index in [1.165, 1.54) is 0 Å². The van der Waals surface area contributed by atoms with E-state index in [1.807, 2.05) is 16.8 Å². The van der Waals surface area contributed by atoms with Crippen LogP contribution in [0.5, 0.6) is 0 Å². The molecule has 4 heterocycles. The van der Waals surface area contributed by atoms with Gasteiger partial charge >= 0.3 is 0 Å². The van der Waals surface area contributed by atoms with Gasteiger partial charge in [-0.1, -0.05) is 5.21 Å². The fourth-order valence-electron chi connectivity index (χ4n) is 2.70. The van der Waals surface area contributed by atoms with Gasteiger partial charge in [-0.2, -0.15) is 0 Å². The number of ether oxygens (including phenoxy) is 1. The molecule has 0 spiro atoms. The van der Waals surface area contributed by atoms with Crippen LogP contribution in [0.4, 0.5) is 0 Å². The minimum atomic E-state index is -0.148. The number of carbonyl (C=O) groups is 1. The third-order valence-electron chi connectivity index (χ3n) is 3.96. The van der Waals surface area contributed by atoms with Gasteiger partial charge in [0.2, 0.25) is 0 Å². The second-order valence-electron chi connectivity index (χ2n) is 5.53. The van der Waals surface area contributed by atoms with Gasteiger partial charge in [0, 0.05) is 30.7 Å². The first-order chi connectivity index (χ1) is 11.8. The van der Waals surface area contributed by atoms with Crippen molar-refractivity contribution in [2.45, 2.75) is 19.3 Å². The summed E-state index contributed by atoms with van der Waals surface area (Å²) in [6.07, 6.45) is 5.03. The highest BCUT2D eigenvalue weighted by molar-refractivity contribution is 5.92. The lowest BCUT2D eigenvalue weighted by Crippen LogP contribution is -2.39. The van der Waals surface area contributed by atoms with Crippen LogP contribution in [0.15, 0.2) is 42.9 Å². The number of pyridine rings is 1. The van der Waals surface area contributed by atoms with E-state index in [9.17, 15) is 4.79 Å². The third kappa shape index (κ3) is 2.79. The number of hydrogen-bond acceptors (Lipinski definition) is 5. The highest BCUT2D eigenvalue weighted by atomic mass is 16.5. The topological polar surface area (TPSA) is 97.7 Å². The Kier molecular flexibility index (Phi) is 3.80. The molecule has 1 atom stereocenters. The molecule has 3 aromatic heterocycles. The maximum absolute atomic E-state index is 11.9. The maximum atomic E-state index is 11.9. The lowest BCUT2D eigenvalue weighted by molar-refractivity contribution is 0.00174. The number of rotatable bonds is 4. The van der Waals surface area contributed by atoms with Crippen LogP contribution in [0, 0.1) is 0 Å². The molecule has 1 aliphatic heterocycles. The van der Waals surface area contributed by atoms with Crippen LogP contribution < -0.4 is 5.32 Å². The Labute approximate surface area is 137 Å². The first kappa shape index (κ1) is 14.6. The van der Waals surface area contributed by atoms with Crippen molar-refractivity contribution in [1.82, 2.24) is 30.3 Å². The van der Waals surface area contributed by atoms with Crippen molar-refractivity contribution in [3.05, 3.63) is 54.2 Å². The molecular weight excluding hydrogens is 308 g/mol. The monoisotopic (exact) mass is 324 g/mol. The molecule has 8 nitrogen and oxygen atoms in total. The molecular formula is C16H16N6O2. The molecule has 2 N–H and O–H groups in total. The molecule has 122 valence electrons. The number of aromatic nitrogens is 5. The summed E-state index contributed by atoms with van der Waals surface area (Å²) in [6, 6.07) is 7.31. The van der Waals surface area contributed by atoms with E-state index in [1.54, 1.807) is 30.7 Å². The van der Waals surface area contributed by atoms with E-state index in [4.69, 9.17) is 4.74 Å². The normalized spacial score (nSPS) is 16.6. The fourth-order valence-corrected chi connectivity index (χ4v) is 2.70. The fraction of sp³-hybridized carbons (Fsp3) is 0.250. The Balaban J connectivity index is 1.42. The molecule has 0 aliphatic carbocycles. The molecule has 0 bridgehead atoms. The Morgan fingerprint density at radius 2 is 2.25 bits per heavy atom. The Morgan fingerprint density at radius 1 is 1.38 bits per heavy atom. The van der Waals surface area contributed by atoms with Crippen molar-refractivity contribution in [2.75, 3.05) is 6.54 Å². The van der Waals surface area contributed by atoms with Crippen LogP contribution >= 0.6 is 0 Å². The zero-order valence-electron chi connectivity index (χ0n) is 12.8. The molecule has 0 saturated heterocycles. The molecule has 1 amide bonds. The molecule has 4 rings (SSSR count). The lowest BCUT2D eigenvalue weighted by Gasteiger charge is -2.24. The van der Waals surface area contributed by atoms with Crippen LogP contribution in [-0.4, -0.2) is 43.5 Å². The maximum Gasteiger partial charge on any atom is 0.267 e. The Bertz CT molecular complexity index is 828. The molecule has 1 aliphatic rings. The highest BCUT2D eigenvalue weighted by Crippen LogP contribution is 2.24. The predicted octanol–water partition coefficient (Wildman–Crippen LogP) is 0.997. The summed E-state index contributed by atoms with van der Waals surface area (Å²) in [5, 5.41) is 11.3. The van der Waals surface area contributed by atoms with Crippen LogP contribution in [0.3, 0.4) is 0 Å². The highest BCUT2D eigenvalue weighted by Gasteiger charge is 2.24. The summed E-state index contributed by atoms with van der Waals surface area (Å²) in [7, 11) is 0. The van der Waals surface area contributed by atoms with Gasteiger partial charge in [0.15, 0.2) is 0 Å². The largest absolute Gasteiger partial charge is 0.368 e. The molecule has 24 heavy (non-hydrogen) atoms. The number of aromatic amines is 1. The number of fused-ring (bicyclic) bond motifs is 1. The standard InChI is InChI=1S/C16H16N6O2/c23-16(13-2-1-5-18-13)19-8-12-9-22-14(10-24-12)15(20-21-22)11-3-6-17-7-4-11/h1-7,12,18H,8-10H2,(H,19,23). The summed E-state index contributed by atoms with van der Waals surface area (Å²) < 4.78 is 7.69. The van der Waals surface area contributed by atoms with Gasteiger partial charge < -0.3 is 15.0 Å². The van der Waals surface area contributed by atoms with Crippen LogP contribution in [0.1, 0.15) is 16.2 Å². The minimum absolute atomic E-state index is 0.136. The summed E-state index contributed by atoms with van der Waals surface area (Å²) >= 11 is 0. The molecule has 0 saturated carbocycles. The lowest BCUT2D eigenvalue weighted by atomic mass is 10.1. The van der Waals surface area contributed by atoms with Crippen LogP contribution in [0.2, 0.25) is 0 Å². The Hall–Kier alpha value is -3.00. The molecule has 0 radical (unpaired) electrons. The van der Waals surface area contributed by atoms with E-state index in [0.717, 1.165) is 17.0 Å². The van der Waals surface area contributed by atoms with Gasteiger partial charge in [-0.3, -0.25) is 9.78 Å². The number of nitrogens with zero attached hydrogens (tertiary/aromatic N) is 4. The summed E-state index contributed by atoms with van der Waals surface area (Å²) in [5.41, 5.74) is 3.25. The number of H-pyrrole nitrogens is 1. The van der Waals surface area contributed by atoms with Gasteiger partial charge in [-0.05, 0) is 24.3 Å². The van der Waals surface area contributed by atoms with E-state index < -0.39 is 0 Å². The van der Waals surface area contributed by atoms with E-state index in [-0.39, 0.29) is 12.0 Å². The van der Waals surface area contributed by atoms with Gasteiger partial charge in [-0.15, -0.1) is 5.10 Å². The van der Waals surface area contributed by atoms with Crippen LogP contribution in [-0.2, 0) is 17.9 Å². The summed E-state index contributed by atoms with van der Waals surface area (Å²) in [6.45, 7) is 1.38. The minimum Gasteiger partial charge on any atom is -0.368 e. The van der Waals surface area contributed by atoms with Crippen molar-refractivity contribution in [3.8, 4) is 11.3 Å². The van der Waals surface area contributed by atoms with Gasteiger partial charge in [0.05, 0.1) is 24.9 Å². The third-order valence-corrected chi connectivity index (χ3v) is 3.96. The van der Waals surface area contributed by atoms with E-state index >= 15 is 0 Å². The number of nitrogens with one attached hydrogen (secondary N) is 2. The van der Waals surface area contributed by atoms with Gasteiger partial charge in [0.25, 0.3) is 5.91 Å². The first-order valence-corrected chi connectivity index (χ1v) is 7.67. The van der Waals surface area contributed by atoms with Crippen LogP contribution in [0.25, 0.3) is 11.3 Å². The zero-order chi connectivity index (χ0) is 16.4. The second-order valence-corrected chi connectivity index (χ2v) is 5.53. The average Bonchev–Trinajstić information content (AvgIpc) is 3.30. The molecule has 0 aromatic carbocycles. The van der Waals surface area contributed by atoms with Crippen molar-refractivity contribution in [2.24, 2.45) is 0 Å². The summed E-state index contributed by atoms with van der Waals surface area (Å²) in [5.74, 6) is -0.148. The smallest absolute Gasteiger partial charge is 0.267 e. The van der Waals surface area contributed by atoms with Crippen molar-refractivity contribution in [1.29, 1.82) is 0 Å². The average molecular weight is 324 g/mol. The second kappa shape index (κ2) is 6.25. The SMILES string of the molecule is O=C(NCC1Cn2nnc(-c3ccncc3)c2CO1)c1ccc[nH]1. The molecule has 3 aromatic rings. The Morgan fingerprint density at radius 3 is 3.04 bits per heavy atom. The van der Waals surface area contributed by atoms with E-state index in [2.05, 4.69) is 25.6 Å². The number of carbonyl (C=O) groups excluding carboxylic acids is 1. The number of amides is 1.